The Balaban J connectivity index is 2.51. The van der Waals surface area contributed by atoms with E-state index in [1.165, 1.54) is 32.1 Å². The summed E-state index contributed by atoms with van der Waals surface area (Å²) in [6.07, 6.45) is 8.97. The molecule has 0 heterocycles. The fraction of sp³-hybridized carbons (Fsp3) is 0.846. The van der Waals surface area contributed by atoms with Crippen molar-refractivity contribution in [3.05, 3.63) is 11.6 Å². The van der Waals surface area contributed by atoms with E-state index < -0.39 is 0 Å². The van der Waals surface area contributed by atoms with Crippen LogP contribution in [0, 0.1) is 5.92 Å². The summed E-state index contributed by atoms with van der Waals surface area (Å²) in [5, 5.41) is 3.69. The van der Waals surface area contributed by atoms with Crippen molar-refractivity contribution in [3.8, 4) is 0 Å². The smallest absolute Gasteiger partial charge is 0.0305 e. The van der Waals surface area contributed by atoms with Gasteiger partial charge >= 0.3 is 0 Å². The summed E-state index contributed by atoms with van der Waals surface area (Å²) < 4.78 is 0. The van der Waals surface area contributed by atoms with Crippen LogP contribution < -0.4 is 5.32 Å². The van der Waals surface area contributed by atoms with E-state index >= 15 is 0 Å². The Morgan fingerprint density at radius 2 is 2.21 bits per heavy atom. The van der Waals surface area contributed by atoms with Gasteiger partial charge in [-0.1, -0.05) is 38.8 Å². The molecule has 0 aliphatic heterocycles. The molecule has 0 spiro atoms. The van der Waals surface area contributed by atoms with E-state index in [1.807, 2.05) is 0 Å². The molecule has 1 heteroatoms. The summed E-state index contributed by atoms with van der Waals surface area (Å²) in [4.78, 5) is 0. The van der Waals surface area contributed by atoms with E-state index in [4.69, 9.17) is 0 Å². The maximum Gasteiger partial charge on any atom is 0.0305 e. The normalized spacial score (nSPS) is 20.6. The Labute approximate surface area is 89.0 Å². The topological polar surface area (TPSA) is 12.0 Å². The van der Waals surface area contributed by atoms with E-state index in [-0.39, 0.29) is 0 Å². The van der Waals surface area contributed by atoms with Gasteiger partial charge in [0.15, 0.2) is 0 Å². The molecule has 0 aromatic carbocycles. The third-order valence-electron chi connectivity index (χ3n) is 3.30. The second-order valence-electron chi connectivity index (χ2n) is 4.49. The van der Waals surface area contributed by atoms with Gasteiger partial charge in [0.1, 0.15) is 0 Å². The summed E-state index contributed by atoms with van der Waals surface area (Å²) >= 11 is 0. The van der Waals surface area contributed by atoms with E-state index in [1.54, 1.807) is 5.57 Å². The van der Waals surface area contributed by atoms with Crippen molar-refractivity contribution in [2.45, 2.75) is 58.9 Å². The molecule has 0 radical (unpaired) electrons. The van der Waals surface area contributed by atoms with Crippen LogP contribution in [0.4, 0.5) is 0 Å². The third-order valence-corrected chi connectivity index (χ3v) is 3.30. The minimum atomic E-state index is 0.655. The highest BCUT2D eigenvalue weighted by Crippen LogP contribution is 2.26. The van der Waals surface area contributed by atoms with Crippen molar-refractivity contribution in [3.63, 3.8) is 0 Å². The lowest BCUT2D eigenvalue weighted by Gasteiger charge is -2.25. The van der Waals surface area contributed by atoms with Gasteiger partial charge < -0.3 is 5.32 Å². The number of allylic oxidation sites excluding steroid dienone is 1. The standard InChI is InChI=1S/C13H25N/c1-4-10-14-13(11(3)5-2)12-8-6-7-9-12/h8,11,13-14H,4-7,9-10H2,1-3H3. The minimum absolute atomic E-state index is 0.655. The lowest BCUT2D eigenvalue weighted by molar-refractivity contribution is 0.403. The van der Waals surface area contributed by atoms with Crippen LogP contribution in [0.15, 0.2) is 11.6 Å². The quantitative estimate of drug-likeness (QED) is 0.640. The zero-order valence-corrected chi connectivity index (χ0v) is 9.97. The molecule has 1 aliphatic carbocycles. The van der Waals surface area contributed by atoms with E-state index in [0.29, 0.717) is 6.04 Å². The highest BCUT2D eigenvalue weighted by atomic mass is 14.9. The van der Waals surface area contributed by atoms with Crippen molar-refractivity contribution < 1.29 is 0 Å². The molecule has 0 aromatic rings. The number of rotatable bonds is 6. The average Bonchev–Trinajstić information content (AvgIpc) is 2.71. The van der Waals surface area contributed by atoms with Crippen LogP contribution in [0.3, 0.4) is 0 Å². The Bertz CT molecular complexity index is 184. The van der Waals surface area contributed by atoms with E-state index in [0.717, 1.165) is 12.5 Å². The lowest BCUT2D eigenvalue weighted by Crippen LogP contribution is -2.36. The molecular weight excluding hydrogens is 170 g/mol. The van der Waals surface area contributed by atoms with Crippen LogP contribution in [0.2, 0.25) is 0 Å². The predicted octanol–water partition coefficient (Wildman–Crippen LogP) is 3.51. The Hall–Kier alpha value is -0.300. The summed E-state index contributed by atoms with van der Waals surface area (Å²) in [6.45, 7) is 8.06. The monoisotopic (exact) mass is 195 g/mol. The second kappa shape index (κ2) is 6.23. The van der Waals surface area contributed by atoms with Gasteiger partial charge in [-0.2, -0.15) is 0 Å². The summed E-state index contributed by atoms with van der Waals surface area (Å²) in [6, 6.07) is 0.655. The molecule has 1 rings (SSSR count). The van der Waals surface area contributed by atoms with Crippen LogP contribution in [-0.2, 0) is 0 Å². The van der Waals surface area contributed by atoms with Crippen molar-refractivity contribution in [1.82, 2.24) is 5.32 Å². The van der Waals surface area contributed by atoms with E-state index in [2.05, 4.69) is 32.2 Å². The van der Waals surface area contributed by atoms with Crippen molar-refractivity contribution >= 4 is 0 Å². The molecule has 2 unspecified atom stereocenters. The molecule has 2 atom stereocenters. The predicted molar refractivity (Wildman–Crippen MR) is 63.5 cm³/mol. The molecule has 0 amide bonds. The maximum absolute atomic E-state index is 3.69. The van der Waals surface area contributed by atoms with Gasteiger partial charge in [-0.05, 0) is 38.1 Å². The Kier molecular flexibility index (Phi) is 5.24. The molecule has 0 saturated heterocycles. The molecule has 0 aromatic heterocycles. The SMILES string of the molecule is CCCNC(C1=CCCC1)C(C)CC. The largest absolute Gasteiger partial charge is 0.310 e. The number of nitrogens with one attached hydrogen (secondary N) is 1. The van der Waals surface area contributed by atoms with Gasteiger partial charge in [-0.3, -0.25) is 0 Å². The van der Waals surface area contributed by atoms with Crippen LogP contribution in [0.25, 0.3) is 0 Å². The van der Waals surface area contributed by atoms with Gasteiger partial charge in [0.2, 0.25) is 0 Å². The average molecular weight is 195 g/mol. The molecule has 82 valence electrons. The van der Waals surface area contributed by atoms with Crippen molar-refractivity contribution in [1.29, 1.82) is 0 Å². The van der Waals surface area contributed by atoms with Gasteiger partial charge in [0.05, 0.1) is 0 Å². The number of hydrogen-bond donors (Lipinski definition) is 1. The molecule has 1 aliphatic rings. The first-order valence-corrected chi connectivity index (χ1v) is 6.21. The minimum Gasteiger partial charge on any atom is -0.310 e. The molecule has 0 fully saturated rings. The van der Waals surface area contributed by atoms with E-state index in [9.17, 15) is 0 Å². The van der Waals surface area contributed by atoms with Crippen molar-refractivity contribution in [2.75, 3.05) is 6.54 Å². The fourth-order valence-electron chi connectivity index (χ4n) is 2.21. The molecule has 0 bridgehead atoms. The Morgan fingerprint density at radius 1 is 1.43 bits per heavy atom. The first-order chi connectivity index (χ1) is 6.79. The van der Waals surface area contributed by atoms with Crippen LogP contribution in [0.5, 0.6) is 0 Å². The third kappa shape index (κ3) is 3.13. The summed E-state index contributed by atoms with van der Waals surface area (Å²) in [5.41, 5.74) is 1.67. The second-order valence-corrected chi connectivity index (χ2v) is 4.49. The fourth-order valence-corrected chi connectivity index (χ4v) is 2.21. The highest BCUT2D eigenvalue weighted by molar-refractivity contribution is 5.16. The molecular formula is C13H25N. The molecule has 1 nitrogen and oxygen atoms in total. The summed E-state index contributed by atoms with van der Waals surface area (Å²) in [7, 11) is 0. The molecule has 1 N–H and O–H groups in total. The van der Waals surface area contributed by atoms with Gasteiger partial charge in [-0.25, -0.2) is 0 Å². The van der Waals surface area contributed by atoms with Crippen LogP contribution in [0.1, 0.15) is 52.9 Å². The number of hydrogen-bond acceptors (Lipinski definition) is 1. The highest BCUT2D eigenvalue weighted by Gasteiger charge is 2.20. The summed E-state index contributed by atoms with van der Waals surface area (Å²) in [5.74, 6) is 0.783. The molecule has 14 heavy (non-hydrogen) atoms. The van der Waals surface area contributed by atoms with Crippen LogP contribution >= 0.6 is 0 Å². The van der Waals surface area contributed by atoms with Gasteiger partial charge in [0, 0.05) is 6.04 Å². The first-order valence-electron chi connectivity index (χ1n) is 6.21. The zero-order chi connectivity index (χ0) is 10.4. The lowest BCUT2D eigenvalue weighted by atomic mass is 9.92. The maximum atomic E-state index is 3.69. The van der Waals surface area contributed by atoms with Gasteiger partial charge in [0.25, 0.3) is 0 Å². The van der Waals surface area contributed by atoms with Crippen molar-refractivity contribution in [2.24, 2.45) is 5.92 Å². The Morgan fingerprint density at radius 3 is 2.71 bits per heavy atom. The van der Waals surface area contributed by atoms with Crippen LogP contribution in [-0.4, -0.2) is 12.6 Å². The molecule has 0 saturated carbocycles. The van der Waals surface area contributed by atoms with Gasteiger partial charge in [-0.15, -0.1) is 0 Å². The zero-order valence-electron chi connectivity index (χ0n) is 9.97. The first kappa shape index (κ1) is 11.8.